The Morgan fingerprint density at radius 1 is 0.972 bits per heavy atom. The van der Waals surface area contributed by atoms with Crippen molar-refractivity contribution in [2.75, 3.05) is 7.11 Å². The van der Waals surface area contributed by atoms with Crippen LogP contribution in [0.4, 0.5) is 0 Å². The minimum Gasteiger partial charge on any atom is -0.465 e. The van der Waals surface area contributed by atoms with Crippen LogP contribution in [0.3, 0.4) is 0 Å². The molecule has 36 heavy (non-hydrogen) atoms. The Morgan fingerprint density at radius 2 is 1.69 bits per heavy atom. The van der Waals surface area contributed by atoms with E-state index in [0.29, 0.717) is 16.7 Å². The average Bonchev–Trinajstić information content (AvgIpc) is 3.39. The highest BCUT2D eigenvalue weighted by atomic mass is 16.5. The van der Waals surface area contributed by atoms with Gasteiger partial charge in [-0.05, 0) is 36.2 Å². The van der Waals surface area contributed by atoms with E-state index >= 15 is 0 Å². The van der Waals surface area contributed by atoms with Gasteiger partial charge in [-0.2, -0.15) is 4.98 Å². The first kappa shape index (κ1) is 23.0. The number of rotatable bonds is 6. The van der Waals surface area contributed by atoms with Crippen molar-refractivity contribution in [2.24, 2.45) is 0 Å². The fraction of sp³-hybridized carbons (Fsp3) is 0.148. The molecular formula is C27H22N4O5. The average molecular weight is 482 g/mol. The highest BCUT2D eigenvalue weighted by Crippen LogP contribution is 2.19. The lowest BCUT2D eigenvalue weighted by Crippen LogP contribution is -2.40. The first-order valence-corrected chi connectivity index (χ1v) is 11.4. The zero-order valence-electron chi connectivity index (χ0n) is 19.7. The van der Waals surface area contributed by atoms with Gasteiger partial charge in [0.1, 0.15) is 6.54 Å². The van der Waals surface area contributed by atoms with Gasteiger partial charge in [0.05, 0.1) is 29.3 Å². The molecule has 9 nitrogen and oxygen atoms in total. The number of hydrogen-bond donors (Lipinski definition) is 0. The van der Waals surface area contributed by atoms with Crippen molar-refractivity contribution in [3.8, 4) is 17.1 Å². The van der Waals surface area contributed by atoms with Gasteiger partial charge in [0.15, 0.2) is 0 Å². The molecule has 0 bridgehead atoms. The Kier molecular flexibility index (Phi) is 6.03. The summed E-state index contributed by atoms with van der Waals surface area (Å²) in [6, 6.07) is 20.9. The molecule has 0 N–H and O–H groups in total. The Morgan fingerprint density at radius 3 is 2.44 bits per heavy atom. The van der Waals surface area contributed by atoms with Gasteiger partial charge in [-0.1, -0.05) is 60.6 Å². The molecule has 180 valence electrons. The maximum atomic E-state index is 13.7. The number of esters is 1. The minimum atomic E-state index is -0.660. The van der Waals surface area contributed by atoms with Crippen molar-refractivity contribution < 1.29 is 14.1 Å². The topological polar surface area (TPSA) is 109 Å². The van der Waals surface area contributed by atoms with Gasteiger partial charge in [-0.15, -0.1) is 0 Å². The standard InChI is InChI=1S/C27H22N4O5/c1-3-17-12-14-18(15-13-17)24-28-23(36-29-24)16-30-21-10-6-4-8-19(21)25(32)31(27(30)34)22-11-7-5-9-20(22)26(33)35-2/h4-15H,3,16H2,1-2H3. The molecule has 9 heteroatoms. The fourth-order valence-electron chi connectivity index (χ4n) is 4.10. The predicted octanol–water partition coefficient (Wildman–Crippen LogP) is 3.60. The number of para-hydroxylation sites is 2. The summed E-state index contributed by atoms with van der Waals surface area (Å²) in [5.74, 6) is -0.0649. The normalized spacial score (nSPS) is 11.1. The number of benzene rings is 3. The third kappa shape index (κ3) is 4.00. The number of aromatic nitrogens is 4. The lowest BCUT2D eigenvalue weighted by Gasteiger charge is -2.14. The van der Waals surface area contributed by atoms with Crippen molar-refractivity contribution in [3.63, 3.8) is 0 Å². The van der Waals surface area contributed by atoms with Crippen LogP contribution in [0.25, 0.3) is 28.0 Å². The molecule has 0 aliphatic rings. The molecule has 0 atom stereocenters. The highest BCUT2D eigenvalue weighted by molar-refractivity contribution is 5.93. The van der Waals surface area contributed by atoms with Crippen LogP contribution >= 0.6 is 0 Å². The summed E-state index contributed by atoms with van der Waals surface area (Å²) in [7, 11) is 1.24. The summed E-state index contributed by atoms with van der Waals surface area (Å²) < 4.78 is 12.7. The number of methoxy groups -OCH3 is 1. The van der Waals surface area contributed by atoms with E-state index in [1.54, 1.807) is 36.4 Å². The van der Waals surface area contributed by atoms with Crippen LogP contribution in [0.15, 0.2) is 86.9 Å². The molecule has 2 aromatic heterocycles. The molecular weight excluding hydrogens is 460 g/mol. The van der Waals surface area contributed by atoms with Gasteiger partial charge < -0.3 is 9.26 Å². The van der Waals surface area contributed by atoms with Crippen molar-refractivity contribution in [1.82, 2.24) is 19.3 Å². The molecule has 2 heterocycles. The molecule has 0 spiro atoms. The van der Waals surface area contributed by atoms with E-state index in [1.807, 2.05) is 24.3 Å². The zero-order chi connectivity index (χ0) is 25.2. The van der Waals surface area contributed by atoms with Gasteiger partial charge in [0.25, 0.3) is 5.56 Å². The Balaban J connectivity index is 1.65. The van der Waals surface area contributed by atoms with Gasteiger partial charge >= 0.3 is 11.7 Å². The van der Waals surface area contributed by atoms with Crippen molar-refractivity contribution in [1.29, 1.82) is 0 Å². The molecule has 0 aliphatic heterocycles. The second-order valence-electron chi connectivity index (χ2n) is 8.10. The van der Waals surface area contributed by atoms with E-state index in [-0.39, 0.29) is 23.7 Å². The third-order valence-corrected chi connectivity index (χ3v) is 5.98. The third-order valence-electron chi connectivity index (χ3n) is 5.98. The number of nitrogens with zero attached hydrogens (tertiary/aromatic N) is 4. The SMILES string of the molecule is CCc1ccc(-c2noc(Cn3c(=O)n(-c4ccccc4C(=O)OC)c(=O)c4ccccc43)n2)cc1. The number of ether oxygens (including phenoxy) is 1. The molecule has 0 saturated heterocycles. The fourth-order valence-corrected chi connectivity index (χ4v) is 4.10. The monoisotopic (exact) mass is 482 g/mol. The molecule has 0 amide bonds. The summed E-state index contributed by atoms with van der Waals surface area (Å²) in [6.07, 6.45) is 0.919. The molecule has 0 unspecified atom stereocenters. The summed E-state index contributed by atoms with van der Waals surface area (Å²) in [5, 5.41) is 4.36. The molecule has 0 fully saturated rings. The minimum absolute atomic E-state index is 0.0694. The number of fused-ring (bicyclic) bond motifs is 1. The van der Waals surface area contributed by atoms with Crippen LogP contribution in [0.1, 0.15) is 28.7 Å². The van der Waals surface area contributed by atoms with Crippen LogP contribution in [-0.4, -0.2) is 32.4 Å². The molecule has 0 radical (unpaired) electrons. The van der Waals surface area contributed by atoms with E-state index in [0.717, 1.165) is 16.6 Å². The lowest BCUT2D eigenvalue weighted by molar-refractivity contribution is 0.0600. The smallest absolute Gasteiger partial charge is 0.339 e. The van der Waals surface area contributed by atoms with Crippen LogP contribution in [0.5, 0.6) is 0 Å². The van der Waals surface area contributed by atoms with Crippen molar-refractivity contribution in [3.05, 3.63) is 111 Å². The largest absolute Gasteiger partial charge is 0.465 e. The maximum absolute atomic E-state index is 13.7. The van der Waals surface area contributed by atoms with E-state index in [9.17, 15) is 14.4 Å². The lowest BCUT2D eigenvalue weighted by atomic mass is 10.1. The Bertz CT molecular complexity index is 1700. The molecule has 0 aliphatic carbocycles. The molecule has 5 rings (SSSR count). The maximum Gasteiger partial charge on any atom is 0.339 e. The molecule has 0 saturated carbocycles. The summed E-state index contributed by atoms with van der Waals surface area (Å²) in [6.45, 7) is 2.01. The van der Waals surface area contributed by atoms with E-state index in [2.05, 4.69) is 17.1 Å². The number of carbonyl (C=O) groups excluding carboxylic acids is 1. The van der Waals surface area contributed by atoms with Crippen LogP contribution in [0.2, 0.25) is 0 Å². The molecule has 5 aromatic rings. The summed E-state index contributed by atoms with van der Waals surface area (Å²) >= 11 is 0. The van der Waals surface area contributed by atoms with Crippen molar-refractivity contribution in [2.45, 2.75) is 19.9 Å². The van der Waals surface area contributed by atoms with Gasteiger partial charge in [-0.3, -0.25) is 9.36 Å². The second kappa shape index (κ2) is 9.46. The van der Waals surface area contributed by atoms with Crippen molar-refractivity contribution >= 4 is 16.9 Å². The molecule has 3 aromatic carbocycles. The first-order chi connectivity index (χ1) is 17.5. The second-order valence-corrected chi connectivity index (χ2v) is 8.10. The van der Waals surface area contributed by atoms with E-state index in [1.165, 1.54) is 29.4 Å². The van der Waals surface area contributed by atoms with E-state index < -0.39 is 17.2 Å². The zero-order valence-corrected chi connectivity index (χ0v) is 19.7. The van der Waals surface area contributed by atoms with Gasteiger partial charge in [0.2, 0.25) is 11.7 Å². The van der Waals surface area contributed by atoms with Crippen LogP contribution in [0, 0.1) is 0 Å². The summed E-state index contributed by atoms with van der Waals surface area (Å²) in [4.78, 5) is 43.9. The Hall–Kier alpha value is -4.79. The van der Waals surface area contributed by atoms with Crippen LogP contribution in [-0.2, 0) is 17.7 Å². The van der Waals surface area contributed by atoms with Crippen LogP contribution < -0.4 is 11.2 Å². The summed E-state index contributed by atoms with van der Waals surface area (Å²) in [5.41, 5.74) is 1.41. The predicted molar refractivity (Wildman–Crippen MR) is 133 cm³/mol. The quantitative estimate of drug-likeness (QED) is 0.340. The number of carbonyl (C=O) groups is 1. The van der Waals surface area contributed by atoms with Gasteiger partial charge in [0, 0.05) is 5.56 Å². The number of aryl methyl sites for hydroxylation is 1. The number of hydrogen-bond acceptors (Lipinski definition) is 7. The van der Waals surface area contributed by atoms with Gasteiger partial charge in [-0.25, -0.2) is 14.2 Å². The first-order valence-electron chi connectivity index (χ1n) is 11.4. The Labute approximate surface area is 205 Å². The van der Waals surface area contributed by atoms with E-state index in [4.69, 9.17) is 9.26 Å². The highest BCUT2D eigenvalue weighted by Gasteiger charge is 2.21.